The molecule has 1 heterocycles. The van der Waals surface area contributed by atoms with Crippen molar-refractivity contribution in [2.75, 3.05) is 26.4 Å². The molecule has 1 aliphatic carbocycles. The minimum absolute atomic E-state index is 0.272. The molecule has 3 nitrogen and oxygen atoms in total. The van der Waals surface area contributed by atoms with Gasteiger partial charge in [0, 0.05) is 12.6 Å². The third-order valence-corrected chi connectivity index (χ3v) is 4.30. The number of ether oxygens (including phenoxy) is 2. The molecule has 0 radical (unpaired) electrons. The molecule has 2 aliphatic rings. The van der Waals surface area contributed by atoms with E-state index in [9.17, 15) is 0 Å². The minimum Gasteiger partial charge on any atom is -0.376 e. The molecule has 18 heavy (non-hydrogen) atoms. The van der Waals surface area contributed by atoms with Crippen molar-refractivity contribution in [3.63, 3.8) is 0 Å². The van der Waals surface area contributed by atoms with Crippen molar-refractivity contribution in [2.45, 2.75) is 64.0 Å². The number of hydrogen-bond donors (Lipinski definition) is 1. The highest BCUT2D eigenvalue weighted by Gasteiger charge is 2.20. The molecule has 0 aromatic carbocycles. The first-order valence-corrected chi connectivity index (χ1v) is 7.81. The first-order chi connectivity index (χ1) is 8.88. The molecule has 0 spiro atoms. The van der Waals surface area contributed by atoms with Crippen LogP contribution in [0.4, 0.5) is 0 Å². The Bertz CT molecular complexity index is 217. The average Bonchev–Trinajstić information content (AvgIpc) is 2.64. The molecule has 0 amide bonds. The van der Waals surface area contributed by atoms with Gasteiger partial charge >= 0.3 is 0 Å². The third kappa shape index (κ3) is 4.87. The lowest BCUT2D eigenvalue weighted by molar-refractivity contribution is -0.0871. The van der Waals surface area contributed by atoms with E-state index < -0.39 is 0 Å². The third-order valence-electron chi connectivity index (χ3n) is 4.30. The second-order valence-electron chi connectivity index (χ2n) is 5.84. The van der Waals surface area contributed by atoms with Crippen molar-refractivity contribution in [3.05, 3.63) is 0 Å². The lowest BCUT2D eigenvalue weighted by atomic mass is 9.95. The zero-order chi connectivity index (χ0) is 12.6. The zero-order valence-electron chi connectivity index (χ0n) is 11.8. The highest BCUT2D eigenvalue weighted by atomic mass is 16.6. The molecular weight excluding hydrogens is 226 g/mol. The van der Waals surface area contributed by atoms with Gasteiger partial charge in [-0.15, -0.1) is 0 Å². The Balaban J connectivity index is 1.63. The van der Waals surface area contributed by atoms with E-state index in [0.717, 1.165) is 32.3 Å². The van der Waals surface area contributed by atoms with Crippen molar-refractivity contribution >= 4 is 0 Å². The number of nitrogens with one attached hydrogen (secondary N) is 1. The fraction of sp³-hybridized carbons (Fsp3) is 1.00. The maximum atomic E-state index is 5.67. The fourth-order valence-electron chi connectivity index (χ4n) is 3.23. The Morgan fingerprint density at radius 2 is 2.06 bits per heavy atom. The van der Waals surface area contributed by atoms with Gasteiger partial charge in [0.2, 0.25) is 0 Å². The fourth-order valence-corrected chi connectivity index (χ4v) is 3.23. The summed E-state index contributed by atoms with van der Waals surface area (Å²) in [6.45, 7) is 5.55. The molecule has 106 valence electrons. The monoisotopic (exact) mass is 255 g/mol. The van der Waals surface area contributed by atoms with E-state index in [1.165, 1.54) is 44.9 Å². The van der Waals surface area contributed by atoms with E-state index in [1.807, 2.05) is 0 Å². The first kappa shape index (κ1) is 14.3. The van der Waals surface area contributed by atoms with Crippen LogP contribution in [-0.4, -0.2) is 38.5 Å². The summed E-state index contributed by atoms with van der Waals surface area (Å²) in [7, 11) is 0. The SMILES string of the molecule is CCCC1CCCC(NCC2COCCO2)CC1. The average molecular weight is 255 g/mol. The number of hydrogen-bond acceptors (Lipinski definition) is 3. The summed E-state index contributed by atoms with van der Waals surface area (Å²) in [6.07, 6.45) is 9.97. The highest BCUT2D eigenvalue weighted by Crippen LogP contribution is 2.26. The van der Waals surface area contributed by atoms with Crippen LogP contribution in [0.2, 0.25) is 0 Å². The second-order valence-corrected chi connectivity index (χ2v) is 5.84. The molecule has 0 bridgehead atoms. The molecule has 0 aromatic rings. The van der Waals surface area contributed by atoms with Crippen LogP contribution in [0.1, 0.15) is 51.9 Å². The molecule has 2 fully saturated rings. The van der Waals surface area contributed by atoms with Gasteiger partial charge in [0.1, 0.15) is 0 Å². The number of rotatable bonds is 5. The van der Waals surface area contributed by atoms with Gasteiger partial charge in [0.25, 0.3) is 0 Å². The van der Waals surface area contributed by atoms with E-state index in [0.29, 0.717) is 6.04 Å². The largest absolute Gasteiger partial charge is 0.376 e. The van der Waals surface area contributed by atoms with Crippen LogP contribution in [0.25, 0.3) is 0 Å². The molecule has 1 aliphatic heterocycles. The van der Waals surface area contributed by atoms with Crippen LogP contribution < -0.4 is 5.32 Å². The van der Waals surface area contributed by atoms with Crippen molar-refractivity contribution in [1.29, 1.82) is 0 Å². The van der Waals surface area contributed by atoms with Gasteiger partial charge < -0.3 is 14.8 Å². The second kappa shape index (κ2) is 8.13. The molecule has 0 aromatic heterocycles. The predicted molar refractivity (Wildman–Crippen MR) is 73.8 cm³/mol. The topological polar surface area (TPSA) is 30.5 Å². The summed E-state index contributed by atoms with van der Waals surface area (Å²) < 4.78 is 11.1. The summed E-state index contributed by atoms with van der Waals surface area (Å²) in [5.74, 6) is 0.982. The van der Waals surface area contributed by atoms with Crippen molar-refractivity contribution < 1.29 is 9.47 Å². The smallest absolute Gasteiger partial charge is 0.0933 e. The molecule has 2 rings (SSSR count). The highest BCUT2D eigenvalue weighted by molar-refractivity contribution is 4.76. The Labute approximate surface area is 112 Å². The van der Waals surface area contributed by atoms with Crippen LogP contribution in [0.3, 0.4) is 0 Å². The summed E-state index contributed by atoms with van der Waals surface area (Å²) >= 11 is 0. The molecule has 1 saturated heterocycles. The normalized spacial score (nSPS) is 34.2. The molecule has 3 heteroatoms. The Morgan fingerprint density at radius 1 is 1.11 bits per heavy atom. The van der Waals surface area contributed by atoms with Crippen molar-refractivity contribution in [2.24, 2.45) is 5.92 Å². The molecule has 1 saturated carbocycles. The van der Waals surface area contributed by atoms with Gasteiger partial charge in [-0.25, -0.2) is 0 Å². The van der Waals surface area contributed by atoms with E-state index >= 15 is 0 Å². The van der Waals surface area contributed by atoms with Crippen LogP contribution in [0.5, 0.6) is 0 Å². The zero-order valence-corrected chi connectivity index (χ0v) is 11.8. The summed E-state index contributed by atoms with van der Waals surface area (Å²) in [5.41, 5.74) is 0. The van der Waals surface area contributed by atoms with Gasteiger partial charge in [-0.05, 0) is 25.2 Å². The van der Waals surface area contributed by atoms with Gasteiger partial charge in [0.05, 0.1) is 25.9 Å². The summed E-state index contributed by atoms with van der Waals surface area (Å²) in [5, 5.41) is 3.69. The van der Waals surface area contributed by atoms with E-state index in [1.54, 1.807) is 0 Å². The lowest BCUT2D eigenvalue weighted by Gasteiger charge is -2.25. The summed E-state index contributed by atoms with van der Waals surface area (Å²) in [6, 6.07) is 0.706. The van der Waals surface area contributed by atoms with Gasteiger partial charge in [0.15, 0.2) is 0 Å². The molecule has 3 atom stereocenters. The minimum atomic E-state index is 0.272. The van der Waals surface area contributed by atoms with Gasteiger partial charge in [-0.1, -0.05) is 32.6 Å². The molecule has 1 N–H and O–H groups in total. The lowest BCUT2D eigenvalue weighted by Crippen LogP contribution is -2.41. The quantitative estimate of drug-likeness (QED) is 0.766. The maximum Gasteiger partial charge on any atom is 0.0933 e. The van der Waals surface area contributed by atoms with Crippen LogP contribution >= 0.6 is 0 Å². The first-order valence-electron chi connectivity index (χ1n) is 7.81. The van der Waals surface area contributed by atoms with Gasteiger partial charge in [-0.2, -0.15) is 0 Å². The molecule has 3 unspecified atom stereocenters. The Morgan fingerprint density at radius 3 is 2.83 bits per heavy atom. The standard InChI is InChI=1S/C15H29NO2/c1-2-4-13-5-3-6-14(8-7-13)16-11-15-12-17-9-10-18-15/h13-16H,2-12H2,1H3. The van der Waals surface area contributed by atoms with Crippen molar-refractivity contribution in [1.82, 2.24) is 5.32 Å². The predicted octanol–water partition coefficient (Wildman–Crippen LogP) is 2.74. The van der Waals surface area contributed by atoms with Crippen LogP contribution in [-0.2, 0) is 9.47 Å². The molecular formula is C15H29NO2. The van der Waals surface area contributed by atoms with Crippen LogP contribution in [0.15, 0.2) is 0 Å². The van der Waals surface area contributed by atoms with Gasteiger partial charge in [-0.3, -0.25) is 0 Å². The van der Waals surface area contributed by atoms with E-state index in [4.69, 9.17) is 9.47 Å². The maximum absolute atomic E-state index is 5.67. The summed E-state index contributed by atoms with van der Waals surface area (Å²) in [4.78, 5) is 0. The van der Waals surface area contributed by atoms with E-state index in [2.05, 4.69) is 12.2 Å². The Kier molecular flexibility index (Phi) is 6.46. The van der Waals surface area contributed by atoms with E-state index in [-0.39, 0.29) is 6.10 Å². The van der Waals surface area contributed by atoms with Crippen LogP contribution in [0, 0.1) is 5.92 Å². The Hall–Kier alpha value is -0.120. The van der Waals surface area contributed by atoms with Crippen molar-refractivity contribution in [3.8, 4) is 0 Å².